The molecule has 0 fully saturated rings. The van der Waals surface area contributed by atoms with Gasteiger partial charge in [-0.1, -0.05) is 71.7 Å². The van der Waals surface area contributed by atoms with Crippen molar-refractivity contribution in [2.75, 3.05) is 11.9 Å². The number of benzene rings is 4. The Balaban J connectivity index is 1.46. The van der Waals surface area contributed by atoms with Crippen molar-refractivity contribution in [3.63, 3.8) is 0 Å². The summed E-state index contributed by atoms with van der Waals surface area (Å²) in [6, 6.07) is 25.5. The highest BCUT2D eigenvalue weighted by atomic mass is 35.5. The molecule has 184 valence electrons. The molecule has 0 saturated carbocycles. The highest BCUT2D eigenvalue weighted by Gasteiger charge is 2.21. The molecule has 0 aliphatic heterocycles. The van der Waals surface area contributed by atoms with Gasteiger partial charge in [-0.25, -0.2) is 4.79 Å². The normalized spacial score (nSPS) is 10.4. The van der Waals surface area contributed by atoms with Gasteiger partial charge in [0.2, 0.25) is 0 Å². The van der Waals surface area contributed by atoms with E-state index in [0.717, 1.165) is 0 Å². The van der Waals surface area contributed by atoms with Crippen LogP contribution in [0.4, 0.5) is 5.69 Å². The van der Waals surface area contributed by atoms with E-state index in [1.165, 1.54) is 30.3 Å². The maximum absolute atomic E-state index is 13.0. The van der Waals surface area contributed by atoms with Crippen LogP contribution in [-0.2, 0) is 9.53 Å². The number of ether oxygens (including phenoxy) is 1. The van der Waals surface area contributed by atoms with Crippen LogP contribution in [0.2, 0.25) is 10.0 Å². The second kappa shape index (κ2) is 11.6. The molecule has 1 amide bonds. The molecule has 0 radical (unpaired) electrons. The topological polar surface area (TPSA) is 89.5 Å². The van der Waals surface area contributed by atoms with Gasteiger partial charge in [-0.2, -0.15) is 0 Å². The number of amides is 1. The second-order valence-corrected chi connectivity index (χ2v) is 8.76. The number of anilines is 1. The molecule has 6 nitrogen and oxygen atoms in total. The monoisotopic (exact) mass is 531 g/mol. The Morgan fingerprint density at radius 2 is 1.19 bits per heavy atom. The van der Waals surface area contributed by atoms with Crippen molar-refractivity contribution < 1.29 is 23.9 Å². The van der Waals surface area contributed by atoms with Gasteiger partial charge in [0.05, 0.1) is 11.3 Å². The lowest BCUT2D eigenvalue weighted by Gasteiger charge is -2.12. The summed E-state index contributed by atoms with van der Waals surface area (Å²) in [5, 5.41) is 3.39. The fraction of sp³-hybridized carbons (Fsp3) is 0.0345. The van der Waals surface area contributed by atoms with Gasteiger partial charge in [-0.3, -0.25) is 14.4 Å². The Kier molecular flexibility index (Phi) is 8.13. The van der Waals surface area contributed by atoms with E-state index in [2.05, 4.69) is 5.32 Å². The number of ketones is 2. The van der Waals surface area contributed by atoms with Crippen LogP contribution >= 0.6 is 23.2 Å². The zero-order valence-corrected chi connectivity index (χ0v) is 20.8. The van der Waals surface area contributed by atoms with Gasteiger partial charge >= 0.3 is 5.97 Å². The number of carbonyl (C=O) groups excluding carboxylic acids is 4. The number of hydrogen-bond donors (Lipinski definition) is 1. The quantitative estimate of drug-likeness (QED) is 0.214. The summed E-state index contributed by atoms with van der Waals surface area (Å²) in [5.74, 6) is -2.23. The first kappa shape index (κ1) is 25.8. The second-order valence-electron chi connectivity index (χ2n) is 7.89. The van der Waals surface area contributed by atoms with Gasteiger partial charge in [0.15, 0.2) is 18.2 Å². The minimum atomic E-state index is -0.843. The first-order valence-corrected chi connectivity index (χ1v) is 11.8. The molecule has 4 rings (SSSR count). The maximum Gasteiger partial charge on any atom is 0.339 e. The fourth-order valence-electron chi connectivity index (χ4n) is 3.57. The minimum absolute atomic E-state index is 0.0155. The van der Waals surface area contributed by atoms with Crippen LogP contribution in [0.1, 0.15) is 42.2 Å². The van der Waals surface area contributed by atoms with Crippen LogP contribution in [0.5, 0.6) is 0 Å². The highest BCUT2D eigenvalue weighted by molar-refractivity contribution is 6.31. The van der Waals surface area contributed by atoms with Crippen LogP contribution in [0.25, 0.3) is 0 Å². The molecule has 1 N–H and O–H groups in total. The zero-order chi connectivity index (χ0) is 26.4. The Morgan fingerprint density at radius 3 is 1.89 bits per heavy atom. The molecule has 0 aliphatic carbocycles. The molecule has 0 aliphatic rings. The van der Waals surface area contributed by atoms with Crippen molar-refractivity contribution in [1.29, 1.82) is 0 Å². The predicted octanol–water partition coefficient (Wildman–Crippen LogP) is 6.25. The average molecular weight is 532 g/mol. The predicted molar refractivity (Wildman–Crippen MR) is 142 cm³/mol. The zero-order valence-electron chi connectivity index (χ0n) is 19.2. The number of rotatable bonds is 8. The number of esters is 1. The Bertz CT molecular complexity index is 1480. The van der Waals surface area contributed by atoms with E-state index >= 15 is 0 Å². The summed E-state index contributed by atoms with van der Waals surface area (Å²) in [4.78, 5) is 51.3. The molecular formula is C29H19Cl2NO5. The van der Waals surface area contributed by atoms with Crippen LogP contribution in [0.3, 0.4) is 0 Å². The van der Waals surface area contributed by atoms with Crippen molar-refractivity contribution in [3.05, 3.63) is 135 Å². The van der Waals surface area contributed by atoms with E-state index in [9.17, 15) is 19.2 Å². The van der Waals surface area contributed by atoms with Crippen molar-refractivity contribution in [1.82, 2.24) is 0 Å². The van der Waals surface area contributed by atoms with Crippen LogP contribution in [0.15, 0.2) is 97.1 Å². The molecule has 0 spiro atoms. The first-order valence-electron chi connectivity index (χ1n) is 11.1. The molecule has 0 saturated heterocycles. The fourth-order valence-corrected chi connectivity index (χ4v) is 3.87. The Hall–Kier alpha value is -4.26. The highest BCUT2D eigenvalue weighted by Crippen LogP contribution is 2.24. The lowest BCUT2D eigenvalue weighted by atomic mass is 9.98. The summed E-state index contributed by atoms with van der Waals surface area (Å²) in [6.07, 6.45) is 0. The minimum Gasteiger partial charge on any atom is -0.452 e. The molecule has 4 aromatic rings. The van der Waals surface area contributed by atoms with Crippen LogP contribution < -0.4 is 5.32 Å². The maximum atomic E-state index is 13.0. The van der Waals surface area contributed by atoms with Crippen molar-refractivity contribution in [2.45, 2.75) is 0 Å². The van der Waals surface area contributed by atoms with Crippen molar-refractivity contribution in [2.24, 2.45) is 0 Å². The standard InChI is InChI=1S/C29H19Cl2NO5/c30-20-12-10-19(11-13-20)27(34)22-8-4-5-9-23(22)29(36)37-17-26(33)32-25-15-14-21(31)16-24(25)28(35)18-6-2-1-3-7-18/h1-16H,17H2,(H,32,33). The van der Waals surface area contributed by atoms with Gasteiger partial charge in [0.25, 0.3) is 5.91 Å². The molecule has 0 unspecified atom stereocenters. The first-order chi connectivity index (χ1) is 17.8. The van der Waals surface area contributed by atoms with Gasteiger partial charge < -0.3 is 10.1 Å². The van der Waals surface area contributed by atoms with Gasteiger partial charge in [0.1, 0.15) is 0 Å². The summed E-state index contributed by atoms with van der Waals surface area (Å²) < 4.78 is 5.18. The lowest BCUT2D eigenvalue weighted by molar-refractivity contribution is -0.119. The Labute approximate surface area is 222 Å². The number of hydrogen-bond acceptors (Lipinski definition) is 5. The molecule has 8 heteroatoms. The van der Waals surface area contributed by atoms with Crippen LogP contribution in [-0.4, -0.2) is 30.0 Å². The van der Waals surface area contributed by atoms with E-state index < -0.39 is 18.5 Å². The van der Waals surface area contributed by atoms with Gasteiger partial charge in [-0.15, -0.1) is 0 Å². The average Bonchev–Trinajstić information content (AvgIpc) is 2.93. The van der Waals surface area contributed by atoms with E-state index in [1.54, 1.807) is 66.7 Å². The van der Waals surface area contributed by atoms with Gasteiger partial charge in [0, 0.05) is 32.3 Å². The molecule has 37 heavy (non-hydrogen) atoms. The van der Waals surface area contributed by atoms with Crippen molar-refractivity contribution in [3.8, 4) is 0 Å². The van der Waals surface area contributed by atoms with E-state index in [-0.39, 0.29) is 33.9 Å². The summed E-state index contributed by atoms with van der Waals surface area (Å²) in [5.41, 5.74) is 1.33. The number of halogens is 2. The number of carbonyl (C=O) groups is 4. The van der Waals surface area contributed by atoms with Crippen LogP contribution in [0, 0.1) is 0 Å². The summed E-state index contributed by atoms with van der Waals surface area (Å²) in [7, 11) is 0. The summed E-state index contributed by atoms with van der Waals surface area (Å²) >= 11 is 12.0. The summed E-state index contributed by atoms with van der Waals surface area (Å²) in [6.45, 7) is -0.635. The third kappa shape index (κ3) is 6.30. The van der Waals surface area contributed by atoms with E-state index in [0.29, 0.717) is 21.2 Å². The largest absolute Gasteiger partial charge is 0.452 e. The third-order valence-electron chi connectivity index (χ3n) is 5.37. The molecule has 0 bridgehead atoms. The smallest absolute Gasteiger partial charge is 0.339 e. The molecular weight excluding hydrogens is 513 g/mol. The lowest BCUT2D eigenvalue weighted by Crippen LogP contribution is -2.23. The molecule has 0 atom stereocenters. The molecule has 0 aromatic heterocycles. The third-order valence-corrected chi connectivity index (χ3v) is 5.86. The number of nitrogens with one attached hydrogen (secondary N) is 1. The Morgan fingerprint density at radius 1 is 0.622 bits per heavy atom. The van der Waals surface area contributed by atoms with Gasteiger partial charge in [-0.05, 0) is 48.5 Å². The van der Waals surface area contributed by atoms with Crippen molar-refractivity contribution >= 4 is 52.3 Å². The van der Waals surface area contributed by atoms with E-state index in [4.69, 9.17) is 27.9 Å². The molecule has 4 aromatic carbocycles. The molecule has 0 heterocycles. The SMILES string of the molecule is O=C(COC(=O)c1ccccc1C(=O)c1ccc(Cl)cc1)Nc1ccc(Cl)cc1C(=O)c1ccccc1. The van der Waals surface area contributed by atoms with E-state index in [1.807, 2.05) is 0 Å².